The van der Waals surface area contributed by atoms with Crippen LogP contribution in [0.2, 0.25) is 0 Å². The van der Waals surface area contributed by atoms with Gasteiger partial charge in [-0.3, -0.25) is 4.79 Å². The van der Waals surface area contributed by atoms with E-state index in [9.17, 15) is 4.79 Å². The molecule has 82 valence electrons. The fraction of sp³-hybridized carbons (Fsp3) is 0.909. The second kappa shape index (κ2) is 5.35. The minimum atomic E-state index is 0.124. The van der Waals surface area contributed by atoms with Gasteiger partial charge in [0.25, 0.3) is 0 Å². The first-order valence-corrected chi connectivity index (χ1v) is 5.64. The third kappa shape index (κ3) is 3.66. The lowest BCUT2D eigenvalue weighted by atomic mass is 9.82. The number of carbonyl (C=O) groups is 1. The summed E-state index contributed by atoms with van der Waals surface area (Å²) in [5.74, 6) is 0.962. The van der Waals surface area contributed by atoms with Crippen LogP contribution in [0.25, 0.3) is 0 Å². The van der Waals surface area contributed by atoms with Crippen molar-refractivity contribution in [2.24, 2.45) is 5.92 Å². The van der Waals surface area contributed by atoms with Crippen LogP contribution in [0.1, 0.15) is 40.0 Å². The molecule has 1 atom stereocenters. The van der Waals surface area contributed by atoms with Crippen molar-refractivity contribution >= 4 is 5.91 Å². The van der Waals surface area contributed by atoms with E-state index in [0.29, 0.717) is 18.6 Å². The maximum Gasteiger partial charge on any atom is 0.234 e. The highest BCUT2D eigenvalue weighted by Crippen LogP contribution is 2.25. The second-order valence-electron chi connectivity index (χ2n) is 4.53. The van der Waals surface area contributed by atoms with Gasteiger partial charge in [0.1, 0.15) is 0 Å². The van der Waals surface area contributed by atoms with E-state index in [4.69, 9.17) is 0 Å². The number of hydrogen-bond acceptors (Lipinski definition) is 2. The molecule has 0 aromatic heterocycles. The summed E-state index contributed by atoms with van der Waals surface area (Å²) in [6, 6.07) is 0.872. The molecule has 0 spiro atoms. The summed E-state index contributed by atoms with van der Waals surface area (Å²) in [5, 5.41) is 6.21. The molecular weight excluding hydrogens is 176 g/mol. The molecule has 3 heteroatoms. The number of amides is 1. The van der Waals surface area contributed by atoms with Gasteiger partial charge in [0, 0.05) is 12.1 Å². The molecule has 3 nitrogen and oxygen atoms in total. The van der Waals surface area contributed by atoms with E-state index in [2.05, 4.69) is 24.5 Å². The monoisotopic (exact) mass is 198 g/mol. The van der Waals surface area contributed by atoms with Crippen molar-refractivity contribution in [3.8, 4) is 0 Å². The normalized spacial score (nSPS) is 27.9. The van der Waals surface area contributed by atoms with Gasteiger partial charge < -0.3 is 10.6 Å². The Morgan fingerprint density at radius 3 is 2.64 bits per heavy atom. The summed E-state index contributed by atoms with van der Waals surface area (Å²) in [5.41, 5.74) is 0. The van der Waals surface area contributed by atoms with Crippen LogP contribution in [0, 0.1) is 5.92 Å². The van der Waals surface area contributed by atoms with Gasteiger partial charge in [0.05, 0.1) is 6.54 Å². The molecule has 0 radical (unpaired) electrons. The van der Waals surface area contributed by atoms with Crippen LogP contribution in [-0.2, 0) is 4.79 Å². The maximum absolute atomic E-state index is 11.4. The standard InChI is InChI=1S/C11H22N2O/c1-4-9(3)13-11(14)7-12-10-5-8(2)6-10/h8-10,12H,4-7H2,1-3H3,(H,13,14). The molecule has 0 bridgehead atoms. The second-order valence-corrected chi connectivity index (χ2v) is 4.53. The molecule has 14 heavy (non-hydrogen) atoms. The fourth-order valence-corrected chi connectivity index (χ4v) is 1.73. The molecule has 1 amide bonds. The summed E-state index contributed by atoms with van der Waals surface area (Å²) >= 11 is 0. The number of nitrogens with one attached hydrogen (secondary N) is 2. The summed E-state index contributed by atoms with van der Waals surface area (Å²) in [7, 11) is 0. The van der Waals surface area contributed by atoms with Gasteiger partial charge in [-0.15, -0.1) is 0 Å². The van der Waals surface area contributed by atoms with Gasteiger partial charge in [0.15, 0.2) is 0 Å². The Morgan fingerprint density at radius 2 is 2.14 bits per heavy atom. The average Bonchev–Trinajstić information content (AvgIpc) is 2.10. The highest BCUT2D eigenvalue weighted by atomic mass is 16.1. The molecular formula is C11H22N2O. The van der Waals surface area contributed by atoms with E-state index in [1.165, 1.54) is 12.8 Å². The minimum absolute atomic E-state index is 0.124. The first-order chi connectivity index (χ1) is 6.61. The van der Waals surface area contributed by atoms with Gasteiger partial charge >= 0.3 is 0 Å². The quantitative estimate of drug-likeness (QED) is 0.699. The van der Waals surface area contributed by atoms with Crippen molar-refractivity contribution in [1.29, 1.82) is 0 Å². The van der Waals surface area contributed by atoms with E-state index in [1.807, 2.05) is 6.92 Å². The van der Waals surface area contributed by atoms with Gasteiger partial charge in [-0.1, -0.05) is 13.8 Å². The molecule has 1 unspecified atom stereocenters. The van der Waals surface area contributed by atoms with Crippen molar-refractivity contribution in [3.63, 3.8) is 0 Å². The molecule has 0 aromatic rings. The minimum Gasteiger partial charge on any atom is -0.353 e. The van der Waals surface area contributed by atoms with Crippen LogP contribution in [0.3, 0.4) is 0 Å². The number of rotatable bonds is 5. The Balaban J connectivity index is 2.03. The Labute approximate surface area is 86.6 Å². The van der Waals surface area contributed by atoms with Gasteiger partial charge in [0.2, 0.25) is 5.91 Å². The van der Waals surface area contributed by atoms with Crippen LogP contribution in [0.5, 0.6) is 0 Å². The lowest BCUT2D eigenvalue weighted by molar-refractivity contribution is -0.121. The molecule has 0 aromatic carbocycles. The Bertz CT molecular complexity index is 188. The van der Waals surface area contributed by atoms with Crippen LogP contribution in [-0.4, -0.2) is 24.5 Å². The predicted octanol–water partition coefficient (Wildman–Crippen LogP) is 1.29. The van der Waals surface area contributed by atoms with Gasteiger partial charge in [-0.25, -0.2) is 0 Å². The smallest absolute Gasteiger partial charge is 0.234 e. The molecule has 0 aliphatic heterocycles. The van der Waals surface area contributed by atoms with Crippen molar-refractivity contribution < 1.29 is 4.79 Å². The molecule has 1 aliphatic rings. The third-order valence-corrected chi connectivity index (χ3v) is 2.94. The summed E-state index contributed by atoms with van der Waals surface area (Å²) < 4.78 is 0. The zero-order valence-corrected chi connectivity index (χ0v) is 9.47. The van der Waals surface area contributed by atoms with E-state index >= 15 is 0 Å². The van der Waals surface area contributed by atoms with Gasteiger partial charge in [-0.2, -0.15) is 0 Å². The third-order valence-electron chi connectivity index (χ3n) is 2.94. The van der Waals surface area contributed by atoms with E-state index < -0.39 is 0 Å². The largest absolute Gasteiger partial charge is 0.353 e. The highest BCUT2D eigenvalue weighted by Gasteiger charge is 2.24. The van der Waals surface area contributed by atoms with Crippen molar-refractivity contribution in [2.45, 2.75) is 52.1 Å². The number of hydrogen-bond donors (Lipinski definition) is 2. The lowest BCUT2D eigenvalue weighted by Gasteiger charge is -2.33. The van der Waals surface area contributed by atoms with Crippen molar-refractivity contribution in [2.75, 3.05) is 6.54 Å². The first kappa shape index (κ1) is 11.5. The first-order valence-electron chi connectivity index (χ1n) is 5.64. The van der Waals surface area contributed by atoms with Gasteiger partial charge in [-0.05, 0) is 32.1 Å². The Morgan fingerprint density at radius 1 is 1.50 bits per heavy atom. The van der Waals surface area contributed by atoms with E-state index in [-0.39, 0.29) is 5.91 Å². The summed E-state index contributed by atoms with van der Waals surface area (Å²) in [4.78, 5) is 11.4. The van der Waals surface area contributed by atoms with Crippen LogP contribution in [0.15, 0.2) is 0 Å². The van der Waals surface area contributed by atoms with E-state index in [0.717, 1.165) is 12.3 Å². The molecule has 1 saturated carbocycles. The lowest BCUT2D eigenvalue weighted by Crippen LogP contribution is -2.46. The van der Waals surface area contributed by atoms with Crippen LogP contribution >= 0.6 is 0 Å². The fourth-order valence-electron chi connectivity index (χ4n) is 1.73. The average molecular weight is 198 g/mol. The summed E-state index contributed by atoms with van der Waals surface area (Å²) in [6.07, 6.45) is 3.43. The van der Waals surface area contributed by atoms with Crippen LogP contribution in [0.4, 0.5) is 0 Å². The molecule has 1 rings (SSSR count). The number of carbonyl (C=O) groups excluding carboxylic acids is 1. The van der Waals surface area contributed by atoms with Crippen LogP contribution < -0.4 is 10.6 Å². The maximum atomic E-state index is 11.4. The molecule has 0 heterocycles. The Hall–Kier alpha value is -0.570. The molecule has 1 aliphatic carbocycles. The van der Waals surface area contributed by atoms with Crippen molar-refractivity contribution in [3.05, 3.63) is 0 Å². The molecule has 2 N–H and O–H groups in total. The zero-order chi connectivity index (χ0) is 10.6. The molecule has 1 fully saturated rings. The summed E-state index contributed by atoms with van der Waals surface area (Å²) in [6.45, 7) is 6.83. The Kier molecular flexibility index (Phi) is 4.39. The highest BCUT2D eigenvalue weighted by molar-refractivity contribution is 5.78. The van der Waals surface area contributed by atoms with E-state index in [1.54, 1.807) is 0 Å². The zero-order valence-electron chi connectivity index (χ0n) is 9.47. The SMILES string of the molecule is CCC(C)NC(=O)CNC1CC(C)C1. The topological polar surface area (TPSA) is 41.1 Å². The molecule has 0 saturated heterocycles. The van der Waals surface area contributed by atoms with Crippen molar-refractivity contribution in [1.82, 2.24) is 10.6 Å². The predicted molar refractivity (Wildman–Crippen MR) is 58.1 cm³/mol.